The first-order valence-electron chi connectivity index (χ1n) is 12.4. The van der Waals surface area contributed by atoms with Crippen molar-refractivity contribution in [3.63, 3.8) is 0 Å². The first-order valence-corrected chi connectivity index (χ1v) is 12.4. The molecule has 2 aromatic carbocycles. The number of unbranched alkanes of at least 4 members (excludes halogenated alkanes) is 1. The van der Waals surface area contributed by atoms with Crippen LogP contribution < -0.4 is 4.74 Å². The molecule has 0 atom stereocenters. The number of nitrogens with zero attached hydrogens (tertiary/aromatic N) is 3. The van der Waals surface area contributed by atoms with Crippen LogP contribution in [0.2, 0.25) is 0 Å². The van der Waals surface area contributed by atoms with Crippen molar-refractivity contribution in [2.45, 2.75) is 45.1 Å². The summed E-state index contributed by atoms with van der Waals surface area (Å²) >= 11 is 0. The standard InChI is InChI=1S/C29H35N3O2/c1-3-4-17-32-18-14-24(15-19-32)28-20-23(13-16-30-28)22-31(2)29(33)25-9-8-12-27(21-25)34-26-10-6-5-7-11-26/h5-13,16,20-21,24H,3-4,14-15,17-19,22H2,1-2H3. The van der Waals surface area contributed by atoms with Crippen molar-refractivity contribution in [3.05, 3.63) is 89.7 Å². The molecule has 2 heterocycles. The lowest BCUT2D eigenvalue weighted by Gasteiger charge is -2.31. The highest BCUT2D eigenvalue weighted by Gasteiger charge is 2.22. The zero-order chi connectivity index (χ0) is 23.8. The molecule has 0 saturated carbocycles. The number of carbonyl (C=O) groups is 1. The van der Waals surface area contributed by atoms with E-state index in [9.17, 15) is 4.79 Å². The average molecular weight is 458 g/mol. The summed E-state index contributed by atoms with van der Waals surface area (Å²) in [4.78, 5) is 22.1. The normalized spacial score (nSPS) is 14.6. The van der Waals surface area contributed by atoms with Crippen molar-refractivity contribution >= 4 is 5.91 Å². The van der Waals surface area contributed by atoms with Crippen LogP contribution in [-0.4, -0.2) is 47.4 Å². The van der Waals surface area contributed by atoms with E-state index in [1.165, 1.54) is 19.4 Å². The summed E-state index contributed by atoms with van der Waals surface area (Å²) in [5, 5.41) is 0. The number of rotatable bonds is 9. The largest absolute Gasteiger partial charge is 0.457 e. The van der Waals surface area contributed by atoms with Gasteiger partial charge in [-0.25, -0.2) is 0 Å². The molecule has 0 spiro atoms. The van der Waals surface area contributed by atoms with Crippen LogP contribution >= 0.6 is 0 Å². The highest BCUT2D eigenvalue weighted by molar-refractivity contribution is 5.94. The Balaban J connectivity index is 1.36. The number of hydrogen-bond donors (Lipinski definition) is 0. The van der Waals surface area contributed by atoms with Gasteiger partial charge in [-0.1, -0.05) is 37.6 Å². The molecule has 1 aliphatic rings. The Morgan fingerprint density at radius 1 is 1.03 bits per heavy atom. The van der Waals surface area contributed by atoms with Crippen LogP contribution in [0.4, 0.5) is 0 Å². The van der Waals surface area contributed by atoms with E-state index in [2.05, 4.69) is 22.9 Å². The molecule has 1 aromatic heterocycles. The molecular formula is C29H35N3O2. The van der Waals surface area contributed by atoms with Crippen LogP contribution in [-0.2, 0) is 6.54 Å². The van der Waals surface area contributed by atoms with Gasteiger partial charge in [0.15, 0.2) is 0 Å². The molecule has 0 radical (unpaired) electrons. The molecule has 178 valence electrons. The third-order valence-electron chi connectivity index (χ3n) is 6.51. The van der Waals surface area contributed by atoms with E-state index in [-0.39, 0.29) is 5.91 Å². The Hall–Kier alpha value is -3.18. The SMILES string of the molecule is CCCCN1CCC(c2cc(CN(C)C(=O)c3cccc(Oc4ccccc4)c3)ccn2)CC1. The summed E-state index contributed by atoms with van der Waals surface area (Å²) < 4.78 is 5.90. The van der Waals surface area contributed by atoms with Crippen molar-refractivity contribution in [1.82, 2.24) is 14.8 Å². The van der Waals surface area contributed by atoms with Gasteiger partial charge in [-0.05, 0) is 86.9 Å². The van der Waals surface area contributed by atoms with E-state index in [4.69, 9.17) is 4.74 Å². The van der Waals surface area contributed by atoms with Gasteiger partial charge < -0.3 is 14.5 Å². The number of carbonyl (C=O) groups excluding carboxylic acids is 1. The second kappa shape index (κ2) is 11.8. The first-order chi connectivity index (χ1) is 16.6. The van der Waals surface area contributed by atoms with Gasteiger partial charge >= 0.3 is 0 Å². The molecule has 0 N–H and O–H groups in total. The van der Waals surface area contributed by atoms with E-state index < -0.39 is 0 Å². The maximum atomic E-state index is 13.1. The Morgan fingerprint density at radius 3 is 2.56 bits per heavy atom. The fourth-order valence-electron chi connectivity index (χ4n) is 4.53. The van der Waals surface area contributed by atoms with Gasteiger partial charge in [0.2, 0.25) is 0 Å². The van der Waals surface area contributed by atoms with Gasteiger partial charge in [-0.3, -0.25) is 9.78 Å². The lowest BCUT2D eigenvalue weighted by Crippen LogP contribution is -2.33. The molecule has 3 aromatic rings. The Morgan fingerprint density at radius 2 is 1.79 bits per heavy atom. The van der Waals surface area contributed by atoms with Gasteiger partial charge in [0.05, 0.1) is 0 Å². The minimum absolute atomic E-state index is 0.0268. The summed E-state index contributed by atoms with van der Waals surface area (Å²) in [6, 6.07) is 21.2. The molecule has 4 rings (SSSR count). The highest BCUT2D eigenvalue weighted by atomic mass is 16.5. The van der Waals surface area contributed by atoms with E-state index >= 15 is 0 Å². The molecule has 0 aliphatic carbocycles. The number of likely N-dealkylation sites (tertiary alicyclic amines) is 1. The van der Waals surface area contributed by atoms with Crippen LogP contribution in [0.5, 0.6) is 11.5 Å². The number of benzene rings is 2. The van der Waals surface area contributed by atoms with Gasteiger partial charge in [0, 0.05) is 37.0 Å². The minimum atomic E-state index is -0.0268. The van der Waals surface area contributed by atoms with Crippen LogP contribution in [0, 0.1) is 0 Å². The minimum Gasteiger partial charge on any atom is -0.457 e. The monoisotopic (exact) mass is 457 g/mol. The van der Waals surface area contributed by atoms with Gasteiger partial charge in [-0.2, -0.15) is 0 Å². The first kappa shape index (κ1) is 24.0. The summed E-state index contributed by atoms with van der Waals surface area (Å²) in [6.07, 6.45) is 6.73. The lowest BCUT2D eigenvalue weighted by atomic mass is 9.92. The Bertz CT molecular complexity index is 1060. The molecule has 0 bridgehead atoms. The number of amides is 1. The predicted molar refractivity (Wildman–Crippen MR) is 136 cm³/mol. The quantitative estimate of drug-likeness (QED) is 0.388. The molecule has 0 unspecified atom stereocenters. The van der Waals surface area contributed by atoms with Crippen molar-refractivity contribution in [2.75, 3.05) is 26.7 Å². The maximum absolute atomic E-state index is 13.1. The zero-order valence-electron chi connectivity index (χ0n) is 20.3. The second-order valence-electron chi connectivity index (χ2n) is 9.16. The van der Waals surface area contributed by atoms with Crippen molar-refractivity contribution in [1.29, 1.82) is 0 Å². The number of para-hydroxylation sites is 1. The third kappa shape index (κ3) is 6.45. The van der Waals surface area contributed by atoms with E-state index in [1.807, 2.05) is 67.8 Å². The summed E-state index contributed by atoms with van der Waals surface area (Å²) in [5.41, 5.74) is 2.89. The van der Waals surface area contributed by atoms with Gasteiger partial charge in [0.1, 0.15) is 11.5 Å². The van der Waals surface area contributed by atoms with Crippen LogP contribution in [0.25, 0.3) is 0 Å². The number of aromatic nitrogens is 1. The molecular weight excluding hydrogens is 422 g/mol. The fourth-order valence-corrected chi connectivity index (χ4v) is 4.53. The number of ether oxygens (including phenoxy) is 1. The van der Waals surface area contributed by atoms with E-state index in [0.717, 1.165) is 42.9 Å². The molecule has 34 heavy (non-hydrogen) atoms. The average Bonchev–Trinajstić information content (AvgIpc) is 2.88. The Kier molecular flexibility index (Phi) is 8.31. The molecule has 5 heteroatoms. The molecule has 1 aliphatic heterocycles. The topological polar surface area (TPSA) is 45.7 Å². The van der Waals surface area contributed by atoms with Crippen molar-refractivity contribution < 1.29 is 9.53 Å². The molecule has 1 saturated heterocycles. The summed E-state index contributed by atoms with van der Waals surface area (Å²) in [7, 11) is 1.85. The van der Waals surface area contributed by atoms with Gasteiger partial charge in [-0.15, -0.1) is 0 Å². The van der Waals surface area contributed by atoms with Crippen LogP contribution in [0.15, 0.2) is 72.9 Å². The fraction of sp³-hybridized carbons (Fsp3) is 0.379. The highest BCUT2D eigenvalue weighted by Crippen LogP contribution is 2.28. The van der Waals surface area contributed by atoms with Crippen molar-refractivity contribution in [3.8, 4) is 11.5 Å². The summed E-state index contributed by atoms with van der Waals surface area (Å²) in [6.45, 7) is 6.31. The number of hydrogen-bond acceptors (Lipinski definition) is 4. The van der Waals surface area contributed by atoms with E-state index in [1.54, 1.807) is 11.0 Å². The maximum Gasteiger partial charge on any atom is 0.254 e. The molecule has 1 fully saturated rings. The third-order valence-corrected chi connectivity index (χ3v) is 6.51. The molecule has 1 amide bonds. The smallest absolute Gasteiger partial charge is 0.254 e. The second-order valence-corrected chi connectivity index (χ2v) is 9.16. The zero-order valence-corrected chi connectivity index (χ0v) is 20.3. The van der Waals surface area contributed by atoms with Crippen LogP contribution in [0.1, 0.15) is 60.1 Å². The predicted octanol–water partition coefficient (Wildman–Crippen LogP) is 6.13. The molecule has 5 nitrogen and oxygen atoms in total. The Labute approximate surface area is 203 Å². The summed E-state index contributed by atoms with van der Waals surface area (Å²) in [5.74, 6) is 1.88. The van der Waals surface area contributed by atoms with E-state index in [0.29, 0.717) is 23.8 Å². The van der Waals surface area contributed by atoms with Gasteiger partial charge in [0.25, 0.3) is 5.91 Å². The van der Waals surface area contributed by atoms with Crippen LogP contribution in [0.3, 0.4) is 0 Å². The number of pyridine rings is 1. The lowest BCUT2D eigenvalue weighted by molar-refractivity contribution is 0.0784. The number of piperidine rings is 1. The van der Waals surface area contributed by atoms with Crippen molar-refractivity contribution in [2.24, 2.45) is 0 Å².